The highest BCUT2D eigenvalue weighted by molar-refractivity contribution is 5.86. The molecule has 0 fully saturated rings. The molecule has 0 bridgehead atoms. The Morgan fingerprint density at radius 1 is 1.32 bits per heavy atom. The lowest BCUT2D eigenvalue weighted by atomic mass is 10.2. The van der Waals surface area contributed by atoms with E-state index in [-0.39, 0.29) is 11.8 Å². The molecule has 1 unspecified atom stereocenters. The first-order valence-electron chi connectivity index (χ1n) is 6.32. The Morgan fingerprint density at radius 3 is 2.79 bits per heavy atom. The van der Waals surface area contributed by atoms with Gasteiger partial charge < -0.3 is 14.8 Å². The number of benzene rings is 1. The van der Waals surface area contributed by atoms with E-state index in [1.807, 2.05) is 30.3 Å². The Balaban J connectivity index is 1.59. The van der Waals surface area contributed by atoms with Crippen molar-refractivity contribution in [2.24, 2.45) is 0 Å². The Hall–Kier alpha value is -2.07. The van der Waals surface area contributed by atoms with Crippen molar-refractivity contribution in [3.05, 3.63) is 58.9 Å². The van der Waals surface area contributed by atoms with Gasteiger partial charge in [-0.1, -0.05) is 30.3 Å². The number of aromatic amines is 1. The average molecular weight is 257 g/mol. The van der Waals surface area contributed by atoms with Gasteiger partial charge in [0.25, 0.3) is 0 Å². The number of hydrogen-bond acceptors (Lipinski definition) is 2. The number of carbonyl (C=O) groups is 1. The summed E-state index contributed by atoms with van der Waals surface area (Å²) in [6, 6.07) is 11.8. The fourth-order valence-corrected chi connectivity index (χ4v) is 2.47. The highest BCUT2D eigenvalue weighted by atomic mass is 16.5. The number of rotatable bonds is 4. The van der Waals surface area contributed by atoms with Gasteiger partial charge in [-0.3, -0.25) is 0 Å². The third-order valence-corrected chi connectivity index (χ3v) is 3.43. The zero-order chi connectivity index (χ0) is 13.2. The number of ether oxygens (including phenoxy) is 1. The van der Waals surface area contributed by atoms with Crippen LogP contribution in [0.3, 0.4) is 0 Å². The van der Waals surface area contributed by atoms with Crippen molar-refractivity contribution in [2.75, 3.05) is 0 Å². The van der Waals surface area contributed by atoms with Crippen LogP contribution in [0.2, 0.25) is 0 Å². The predicted octanol–water partition coefficient (Wildman–Crippen LogP) is 2.40. The van der Waals surface area contributed by atoms with Crippen molar-refractivity contribution < 1.29 is 14.6 Å². The van der Waals surface area contributed by atoms with Gasteiger partial charge in [0.15, 0.2) is 0 Å². The molecule has 0 saturated heterocycles. The van der Waals surface area contributed by atoms with Gasteiger partial charge in [-0.25, -0.2) is 4.79 Å². The van der Waals surface area contributed by atoms with E-state index in [2.05, 4.69) is 4.98 Å². The number of carboxylic acids is 1. The van der Waals surface area contributed by atoms with E-state index in [1.54, 1.807) is 6.07 Å². The summed E-state index contributed by atoms with van der Waals surface area (Å²) in [5.74, 6) is -0.906. The molecule has 19 heavy (non-hydrogen) atoms. The number of nitrogens with one attached hydrogen (secondary N) is 1. The van der Waals surface area contributed by atoms with Gasteiger partial charge in [0, 0.05) is 18.5 Å². The second-order valence-electron chi connectivity index (χ2n) is 4.82. The summed E-state index contributed by atoms with van der Waals surface area (Å²) in [5.41, 5.74) is 3.49. The normalized spacial score (nSPS) is 17.4. The lowest BCUT2D eigenvalue weighted by molar-refractivity contribution is 0.0473. The third kappa shape index (κ3) is 2.53. The summed E-state index contributed by atoms with van der Waals surface area (Å²) < 4.78 is 5.86. The van der Waals surface area contributed by atoms with Gasteiger partial charge in [-0.05, 0) is 17.2 Å². The quantitative estimate of drug-likeness (QED) is 0.884. The van der Waals surface area contributed by atoms with Gasteiger partial charge in [-0.15, -0.1) is 0 Å². The molecule has 98 valence electrons. The van der Waals surface area contributed by atoms with E-state index in [9.17, 15) is 4.79 Å². The number of hydrogen-bond donors (Lipinski definition) is 2. The number of H-pyrrole nitrogens is 1. The summed E-state index contributed by atoms with van der Waals surface area (Å²) in [6.45, 7) is 0.599. The molecule has 0 radical (unpaired) electrons. The van der Waals surface area contributed by atoms with Crippen LogP contribution in [-0.2, 0) is 24.2 Å². The maximum absolute atomic E-state index is 10.8. The van der Waals surface area contributed by atoms with Crippen molar-refractivity contribution in [1.29, 1.82) is 0 Å². The van der Waals surface area contributed by atoms with Crippen LogP contribution in [0.5, 0.6) is 0 Å². The first-order chi connectivity index (χ1) is 9.22. The van der Waals surface area contributed by atoms with Crippen molar-refractivity contribution >= 4 is 5.97 Å². The average Bonchev–Trinajstić information content (AvgIpc) is 2.95. The molecule has 4 nitrogen and oxygen atoms in total. The molecular formula is C15H15NO3. The fourth-order valence-electron chi connectivity index (χ4n) is 2.47. The highest BCUT2D eigenvalue weighted by Crippen LogP contribution is 2.25. The van der Waals surface area contributed by atoms with Crippen molar-refractivity contribution in [3.8, 4) is 0 Å². The second kappa shape index (κ2) is 4.90. The predicted molar refractivity (Wildman–Crippen MR) is 70.2 cm³/mol. The van der Waals surface area contributed by atoms with Crippen LogP contribution in [0.15, 0.2) is 36.4 Å². The molecule has 2 N–H and O–H groups in total. The van der Waals surface area contributed by atoms with Gasteiger partial charge in [0.05, 0.1) is 12.7 Å². The molecule has 3 rings (SSSR count). The van der Waals surface area contributed by atoms with E-state index < -0.39 is 5.97 Å². The van der Waals surface area contributed by atoms with E-state index in [4.69, 9.17) is 9.84 Å². The minimum Gasteiger partial charge on any atom is -0.477 e. The second-order valence-corrected chi connectivity index (χ2v) is 4.82. The Bertz CT molecular complexity index is 565. The Labute approximate surface area is 111 Å². The molecular weight excluding hydrogens is 242 g/mol. The first kappa shape index (κ1) is 12.0. The van der Waals surface area contributed by atoms with E-state index >= 15 is 0 Å². The lowest BCUT2D eigenvalue weighted by Gasteiger charge is -2.11. The van der Waals surface area contributed by atoms with Gasteiger partial charge in [0.1, 0.15) is 5.69 Å². The molecule has 4 heteroatoms. The van der Waals surface area contributed by atoms with E-state index in [0.717, 1.165) is 29.7 Å². The van der Waals surface area contributed by atoms with Crippen LogP contribution in [0.1, 0.15) is 27.3 Å². The van der Waals surface area contributed by atoms with Crippen LogP contribution in [0.4, 0.5) is 0 Å². The van der Waals surface area contributed by atoms with Gasteiger partial charge in [0.2, 0.25) is 0 Å². The highest BCUT2D eigenvalue weighted by Gasteiger charge is 2.25. The topological polar surface area (TPSA) is 62.3 Å². The molecule has 2 aromatic rings. The smallest absolute Gasteiger partial charge is 0.352 e. The SMILES string of the molecule is O=C(O)c1cc2c([nH]1)CC(OCc1ccccc1)C2. The first-order valence-corrected chi connectivity index (χ1v) is 6.32. The van der Waals surface area contributed by atoms with E-state index in [0.29, 0.717) is 6.61 Å². The maximum atomic E-state index is 10.8. The Kier molecular flexibility index (Phi) is 3.09. The van der Waals surface area contributed by atoms with Crippen LogP contribution in [-0.4, -0.2) is 22.2 Å². The minimum atomic E-state index is -0.906. The van der Waals surface area contributed by atoms with Gasteiger partial charge in [-0.2, -0.15) is 0 Å². The summed E-state index contributed by atoms with van der Waals surface area (Å²) in [6.07, 6.45) is 1.69. The molecule has 1 atom stereocenters. The molecule has 0 spiro atoms. The fraction of sp³-hybridized carbons (Fsp3) is 0.267. The zero-order valence-electron chi connectivity index (χ0n) is 10.4. The van der Waals surface area contributed by atoms with Crippen molar-refractivity contribution in [2.45, 2.75) is 25.6 Å². The summed E-state index contributed by atoms with van der Waals surface area (Å²) >= 11 is 0. The molecule has 1 heterocycles. The van der Waals surface area contributed by atoms with Crippen LogP contribution in [0.25, 0.3) is 0 Å². The third-order valence-electron chi connectivity index (χ3n) is 3.43. The summed E-state index contributed by atoms with van der Waals surface area (Å²) in [5, 5.41) is 8.90. The van der Waals surface area contributed by atoms with Crippen molar-refractivity contribution in [1.82, 2.24) is 4.98 Å². The lowest BCUT2D eigenvalue weighted by Crippen LogP contribution is -2.13. The number of aromatic carboxylic acids is 1. The van der Waals surface area contributed by atoms with Gasteiger partial charge >= 0.3 is 5.97 Å². The van der Waals surface area contributed by atoms with Crippen LogP contribution < -0.4 is 0 Å². The zero-order valence-corrected chi connectivity index (χ0v) is 10.4. The minimum absolute atomic E-state index is 0.143. The van der Waals surface area contributed by atoms with Crippen molar-refractivity contribution in [3.63, 3.8) is 0 Å². The summed E-state index contributed by atoms with van der Waals surface area (Å²) in [7, 11) is 0. The Morgan fingerprint density at radius 2 is 2.11 bits per heavy atom. The largest absolute Gasteiger partial charge is 0.477 e. The maximum Gasteiger partial charge on any atom is 0.352 e. The number of carboxylic acid groups (broad SMARTS) is 1. The van der Waals surface area contributed by atoms with E-state index in [1.165, 1.54) is 0 Å². The molecule has 1 aromatic heterocycles. The number of fused-ring (bicyclic) bond motifs is 1. The molecule has 0 amide bonds. The summed E-state index contributed by atoms with van der Waals surface area (Å²) in [4.78, 5) is 13.8. The standard InChI is InChI=1S/C15H15NO3/c17-15(18)14-7-11-6-12(8-13(11)16-14)19-9-10-4-2-1-3-5-10/h1-5,7,12,16H,6,8-9H2,(H,17,18). The molecule has 0 aliphatic heterocycles. The molecule has 1 aliphatic carbocycles. The van der Waals surface area contributed by atoms with Crippen LogP contribution >= 0.6 is 0 Å². The monoisotopic (exact) mass is 257 g/mol. The molecule has 1 aliphatic rings. The van der Waals surface area contributed by atoms with Crippen LogP contribution in [0, 0.1) is 0 Å². The molecule has 0 saturated carbocycles. The number of aromatic nitrogens is 1. The molecule has 1 aromatic carbocycles.